The van der Waals surface area contributed by atoms with Crippen molar-refractivity contribution in [1.82, 2.24) is 15.2 Å². The molecule has 0 radical (unpaired) electrons. The zero-order valence-electron chi connectivity index (χ0n) is 34.8. The molecule has 0 bridgehead atoms. The van der Waals surface area contributed by atoms with E-state index >= 15 is 0 Å². The van der Waals surface area contributed by atoms with Crippen LogP contribution < -0.4 is 5.32 Å². The van der Waals surface area contributed by atoms with E-state index in [1.54, 1.807) is 46.9 Å². The minimum absolute atomic E-state index is 0.0347. The number of amides is 1. The maximum atomic E-state index is 14.5. The summed E-state index contributed by atoms with van der Waals surface area (Å²) in [5.41, 5.74) is -1.16. The van der Waals surface area contributed by atoms with Crippen LogP contribution in [0.3, 0.4) is 0 Å². The lowest BCUT2D eigenvalue weighted by Crippen LogP contribution is -2.60. The third-order valence-corrected chi connectivity index (χ3v) is 12.4. The third kappa shape index (κ3) is 9.71. The topological polar surface area (TPSA) is 163 Å². The first-order chi connectivity index (χ1) is 26.8. The van der Waals surface area contributed by atoms with E-state index in [4.69, 9.17) is 35.3 Å². The molecule has 1 unspecified atom stereocenters. The number of hydrogen-bond acceptors (Lipinski definition) is 12. The van der Waals surface area contributed by atoms with Crippen LogP contribution in [0.1, 0.15) is 86.6 Å². The standard InChI is InChI=1S/C43H60ClN3O10/c1-11-13-33-43(8)37(46-41(52)57-43)25(4)34(48)23(2)21-42(7,53-17-12-14-28-19-29-20-30(44)15-16-31(29)45-22-28)38(26(5)35(49)27(6)39(51)55-33)56-40-36(50)32(47(9)10)18-24(3)54-40/h12,14-16,19-20,22-27,32-33,36-38,40,50H,11,13,17-18,21H2,1-10H3,(H,46,52)/b14-12+/t23-,24-,25+,26+,27-,32+,33-,36-,37+,38-,40?,42-,43-/m1/s1. The van der Waals surface area contributed by atoms with E-state index in [1.165, 1.54) is 6.92 Å². The van der Waals surface area contributed by atoms with Crippen molar-refractivity contribution in [1.29, 1.82) is 0 Å². The van der Waals surface area contributed by atoms with Gasteiger partial charge in [-0.25, -0.2) is 4.79 Å². The number of nitrogens with one attached hydrogen (secondary N) is 1. The Morgan fingerprint density at radius 1 is 1.05 bits per heavy atom. The van der Waals surface area contributed by atoms with E-state index in [0.717, 1.165) is 16.5 Å². The van der Waals surface area contributed by atoms with Crippen LogP contribution in [0.4, 0.5) is 4.79 Å². The number of ether oxygens (including phenoxy) is 5. The first-order valence-electron chi connectivity index (χ1n) is 20.1. The van der Waals surface area contributed by atoms with Crippen molar-refractivity contribution < 1.29 is 48.0 Å². The van der Waals surface area contributed by atoms with Crippen molar-refractivity contribution >= 4 is 52.2 Å². The van der Waals surface area contributed by atoms with Gasteiger partial charge in [0, 0.05) is 40.4 Å². The number of alkyl carbamates (subject to hydrolysis) is 1. The number of benzene rings is 1. The number of esters is 1. The molecule has 1 aromatic carbocycles. The largest absolute Gasteiger partial charge is 0.457 e. The highest BCUT2D eigenvalue weighted by atomic mass is 35.5. The van der Waals surface area contributed by atoms with Crippen LogP contribution in [0.15, 0.2) is 36.5 Å². The zero-order chi connectivity index (χ0) is 42.0. The summed E-state index contributed by atoms with van der Waals surface area (Å²) < 4.78 is 31.6. The second-order valence-electron chi connectivity index (χ2n) is 16.9. The molecule has 314 valence electrons. The summed E-state index contributed by atoms with van der Waals surface area (Å²) in [6.07, 6.45) is 1.61. The molecule has 0 aliphatic carbocycles. The molecule has 3 fully saturated rings. The molecule has 0 spiro atoms. The van der Waals surface area contributed by atoms with Gasteiger partial charge in [-0.3, -0.25) is 19.4 Å². The van der Waals surface area contributed by atoms with Crippen molar-refractivity contribution in [3.05, 3.63) is 47.1 Å². The van der Waals surface area contributed by atoms with Gasteiger partial charge < -0.3 is 39.0 Å². The van der Waals surface area contributed by atoms with Crippen LogP contribution in [0.25, 0.3) is 17.0 Å². The van der Waals surface area contributed by atoms with Crippen LogP contribution in [0.2, 0.25) is 5.02 Å². The lowest BCUT2D eigenvalue weighted by Gasteiger charge is -2.47. The summed E-state index contributed by atoms with van der Waals surface area (Å²) in [7, 11) is 3.73. The average Bonchev–Trinajstić information content (AvgIpc) is 3.48. The number of ketones is 2. The number of aliphatic hydroxyl groups is 1. The maximum Gasteiger partial charge on any atom is 0.408 e. The van der Waals surface area contributed by atoms with Gasteiger partial charge >= 0.3 is 12.1 Å². The van der Waals surface area contributed by atoms with Gasteiger partial charge in [0.15, 0.2) is 17.7 Å². The number of hydrogen-bond donors (Lipinski definition) is 2. The van der Waals surface area contributed by atoms with Crippen LogP contribution in [0, 0.1) is 23.7 Å². The fourth-order valence-corrected chi connectivity index (χ4v) is 9.06. The summed E-state index contributed by atoms with van der Waals surface area (Å²) in [6, 6.07) is 6.28. The molecule has 4 heterocycles. The molecule has 2 N–H and O–H groups in total. The maximum absolute atomic E-state index is 14.5. The van der Waals surface area contributed by atoms with E-state index in [9.17, 15) is 24.3 Å². The number of carbonyl (C=O) groups is 4. The van der Waals surface area contributed by atoms with Crippen LogP contribution in [0.5, 0.6) is 0 Å². The van der Waals surface area contributed by atoms with E-state index in [2.05, 4.69) is 10.3 Å². The number of pyridine rings is 1. The lowest BCUT2D eigenvalue weighted by molar-refractivity contribution is -0.296. The van der Waals surface area contributed by atoms with Crippen LogP contribution in [-0.2, 0) is 38.1 Å². The number of aromatic nitrogens is 1. The highest BCUT2D eigenvalue weighted by molar-refractivity contribution is 6.31. The Bertz CT molecular complexity index is 1820. The van der Waals surface area contributed by atoms with Gasteiger partial charge in [0.2, 0.25) is 0 Å². The van der Waals surface area contributed by atoms with Crippen molar-refractivity contribution in [2.24, 2.45) is 23.7 Å². The van der Waals surface area contributed by atoms with Gasteiger partial charge in [0.05, 0.1) is 36.0 Å². The fourth-order valence-electron chi connectivity index (χ4n) is 8.88. The third-order valence-electron chi connectivity index (χ3n) is 12.1. The second kappa shape index (κ2) is 18.2. The summed E-state index contributed by atoms with van der Waals surface area (Å²) in [4.78, 5) is 62.2. The molecule has 13 nitrogen and oxygen atoms in total. The normalized spacial score (nSPS) is 37.2. The average molecular weight is 814 g/mol. The highest BCUT2D eigenvalue weighted by Crippen LogP contribution is 2.41. The quantitative estimate of drug-likeness (QED) is 0.220. The minimum atomic E-state index is -1.39. The molecule has 57 heavy (non-hydrogen) atoms. The summed E-state index contributed by atoms with van der Waals surface area (Å²) in [5.74, 6) is -5.18. The van der Waals surface area contributed by atoms with Crippen molar-refractivity contribution in [2.45, 2.75) is 135 Å². The molecule has 3 saturated heterocycles. The van der Waals surface area contributed by atoms with E-state index in [0.29, 0.717) is 24.3 Å². The second-order valence-corrected chi connectivity index (χ2v) is 17.3. The molecule has 1 amide bonds. The number of rotatable bonds is 9. The summed E-state index contributed by atoms with van der Waals surface area (Å²) in [6.45, 7) is 13.9. The molecule has 2 aromatic rings. The van der Waals surface area contributed by atoms with E-state index in [1.807, 2.05) is 63.2 Å². The minimum Gasteiger partial charge on any atom is -0.457 e. The number of likely N-dealkylation sites (N-methyl/N-ethyl adjacent to an activating group) is 1. The van der Waals surface area contributed by atoms with Gasteiger partial charge in [-0.1, -0.05) is 57.9 Å². The molecule has 3 aliphatic heterocycles. The van der Waals surface area contributed by atoms with E-state index < -0.39 is 83.4 Å². The number of halogens is 1. The number of carbonyl (C=O) groups excluding carboxylic acids is 4. The van der Waals surface area contributed by atoms with Gasteiger partial charge in [-0.15, -0.1) is 0 Å². The van der Waals surface area contributed by atoms with Crippen LogP contribution in [-0.4, -0.2) is 113 Å². The molecule has 1 aromatic heterocycles. The number of Topliss-reactive ketones (excluding diaryl/α,β-unsaturated/α-hetero) is 2. The highest BCUT2D eigenvalue weighted by Gasteiger charge is 2.57. The number of fused-ring (bicyclic) bond motifs is 2. The zero-order valence-corrected chi connectivity index (χ0v) is 35.6. The predicted molar refractivity (Wildman–Crippen MR) is 215 cm³/mol. The molecular formula is C43H60ClN3O10. The smallest absolute Gasteiger partial charge is 0.408 e. The number of aliphatic hydroxyl groups excluding tert-OH is 1. The van der Waals surface area contributed by atoms with E-state index in [-0.39, 0.29) is 31.0 Å². The SMILES string of the molecule is CCC[C@H]1OC(=O)[C@H](C)C(=O)[C@H](C)[C@@H](OC2O[C@H](C)C[C@H](N(C)C)[C@H]2O)[C@](C)(OC/C=C/c2cnc3ccc(Cl)cc3c2)C[C@@H](C)C(=O)[C@H](C)[C@@H]2NC(=O)O[C@]12C. The monoisotopic (exact) mass is 813 g/mol. The van der Waals surface area contributed by atoms with Gasteiger partial charge in [-0.2, -0.15) is 0 Å². The Morgan fingerprint density at radius 3 is 2.46 bits per heavy atom. The number of nitrogens with zero attached hydrogens (tertiary/aromatic N) is 2. The van der Waals surface area contributed by atoms with Gasteiger partial charge in [-0.05, 0) is 90.9 Å². The Morgan fingerprint density at radius 2 is 1.77 bits per heavy atom. The predicted octanol–water partition coefficient (Wildman–Crippen LogP) is 6.15. The first kappa shape index (κ1) is 44.6. The lowest BCUT2D eigenvalue weighted by atomic mass is 9.73. The molecule has 13 atom stereocenters. The molecule has 5 rings (SSSR count). The molecule has 14 heteroatoms. The fraction of sp³-hybridized carbons (Fsp3) is 0.651. The first-order valence-corrected chi connectivity index (χ1v) is 20.5. The summed E-state index contributed by atoms with van der Waals surface area (Å²) >= 11 is 6.23. The molecule has 3 aliphatic rings. The Balaban J connectivity index is 1.56. The van der Waals surface area contributed by atoms with Crippen molar-refractivity contribution in [3.63, 3.8) is 0 Å². The van der Waals surface area contributed by atoms with Gasteiger partial charge in [0.1, 0.15) is 23.9 Å². The van der Waals surface area contributed by atoms with Crippen LogP contribution >= 0.6 is 11.6 Å². The summed E-state index contributed by atoms with van der Waals surface area (Å²) in [5, 5.41) is 15.9. The Hall–Kier alpha value is -3.46. The van der Waals surface area contributed by atoms with Crippen molar-refractivity contribution in [2.75, 3.05) is 20.7 Å². The molecular weight excluding hydrogens is 754 g/mol. The van der Waals surface area contributed by atoms with Crippen molar-refractivity contribution in [3.8, 4) is 0 Å². The number of cyclic esters (lactones) is 1. The Kier molecular flexibility index (Phi) is 14.3. The molecule has 0 saturated carbocycles. The van der Waals surface area contributed by atoms with Gasteiger partial charge in [0.25, 0.3) is 0 Å². The Labute approximate surface area is 341 Å².